The highest BCUT2D eigenvalue weighted by atomic mass is 16.3. The molecule has 0 aliphatic carbocycles. The Morgan fingerprint density at radius 1 is 0.462 bits per heavy atom. The molecule has 0 spiro atoms. The molecule has 0 saturated carbocycles. The van der Waals surface area contributed by atoms with Crippen LogP contribution in [0.2, 0.25) is 0 Å². The van der Waals surface area contributed by atoms with Gasteiger partial charge >= 0.3 is 0 Å². The first-order chi connectivity index (χ1) is 12.3. The van der Waals surface area contributed by atoms with Crippen LogP contribution in [0.3, 0.4) is 0 Å². The number of hydrogen-bond acceptors (Lipinski definition) is 6. The van der Waals surface area contributed by atoms with Crippen LogP contribution in [-0.2, 0) is 12.8 Å². The molecule has 0 aliphatic rings. The van der Waals surface area contributed by atoms with Gasteiger partial charge in [-0.25, -0.2) is 0 Å². The Balaban J connectivity index is 1.98. The van der Waals surface area contributed by atoms with Crippen LogP contribution in [0, 0.1) is 0 Å². The van der Waals surface area contributed by atoms with Gasteiger partial charge in [-0.3, -0.25) is 0 Å². The number of phenols is 6. The molecule has 3 aromatic rings. The van der Waals surface area contributed by atoms with Crippen molar-refractivity contribution in [3.05, 3.63) is 70.8 Å². The second-order valence-electron chi connectivity index (χ2n) is 6.09. The van der Waals surface area contributed by atoms with Crippen LogP contribution < -0.4 is 0 Å². The third-order valence-corrected chi connectivity index (χ3v) is 4.14. The predicted octanol–water partition coefficient (Wildman–Crippen LogP) is 3.10. The average molecular weight is 354 g/mol. The highest BCUT2D eigenvalue weighted by Crippen LogP contribution is 2.35. The molecular weight excluding hydrogens is 336 g/mol. The van der Waals surface area contributed by atoms with Crippen molar-refractivity contribution in [1.82, 2.24) is 0 Å². The molecule has 6 heteroatoms. The van der Waals surface area contributed by atoms with Crippen LogP contribution >= 0.6 is 0 Å². The summed E-state index contributed by atoms with van der Waals surface area (Å²) in [5, 5.41) is 59.5. The van der Waals surface area contributed by atoms with Crippen LogP contribution in [0.25, 0.3) is 0 Å². The molecule has 0 atom stereocenters. The fourth-order valence-corrected chi connectivity index (χ4v) is 2.85. The van der Waals surface area contributed by atoms with E-state index in [1.165, 1.54) is 48.5 Å². The van der Waals surface area contributed by atoms with Crippen molar-refractivity contribution in [2.24, 2.45) is 0 Å². The first kappa shape index (κ1) is 17.3. The highest BCUT2D eigenvalue weighted by Gasteiger charge is 2.15. The SMILES string of the molecule is Oc1ccc(O)c(Cc2cc(O)cc(Cc3cc(O)ccc3O)c2O)c1. The van der Waals surface area contributed by atoms with Gasteiger partial charge in [-0.05, 0) is 48.5 Å². The first-order valence-corrected chi connectivity index (χ1v) is 7.89. The smallest absolute Gasteiger partial charge is 0.122 e. The van der Waals surface area contributed by atoms with Crippen LogP contribution in [-0.4, -0.2) is 30.6 Å². The van der Waals surface area contributed by atoms with Gasteiger partial charge in [0, 0.05) is 35.1 Å². The largest absolute Gasteiger partial charge is 0.508 e. The van der Waals surface area contributed by atoms with Gasteiger partial charge in [0.25, 0.3) is 0 Å². The molecule has 0 radical (unpaired) electrons. The summed E-state index contributed by atoms with van der Waals surface area (Å²) in [6, 6.07) is 10.9. The zero-order valence-electron chi connectivity index (χ0n) is 13.7. The van der Waals surface area contributed by atoms with E-state index in [0.717, 1.165) is 0 Å². The Morgan fingerprint density at radius 3 is 1.27 bits per heavy atom. The average Bonchev–Trinajstić information content (AvgIpc) is 2.58. The molecule has 26 heavy (non-hydrogen) atoms. The van der Waals surface area contributed by atoms with Crippen LogP contribution in [0.15, 0.2) is 48.5 Å². The van der Waals surface area contributed by atoms with Gasteiger partial charge in [0.1, 0.15) is 34.5 Å². The second kappa shape index (κ2) is 6.76. The summed E-state index contributed by atoms with van der Waals surface area (Å²) in [5.41, 5.74) is 1.47. The lowest BCUT2D eigenvalue weighted by molar-refractivity contribution is 0.443. The fourth-order valence-electron chi connectivity index (χ4n) is 2.85. The Morgan fingerprint density at radius 2 is 0.846 bits per heavy atom. The third-order valence-electron chi connectivity index (χ3n) is 4.14. The van der Waals surface area contributed by atoms with Crippen molar-refractivity contribution in [2.45, 2.75) is 12.8 Å². The molecule has 134 valence electrons. The molecule has 6 N–H and O–H groups in total. The van der Waals surface area contributed by atoms with Gasteiger partial charge in [0.2, 0.25) is 0 Å². The Kier molecular flexibility index (Phi) is 4.49. The molecule has 3 aromatic carbocycles. The molecular formula is C20H18O6. The fraction of sp³-hybridized carbons (Fsp3) is 0.100. The molecule has 6 nitrogen and oxygen atoms in total. The Hall–Kier alpha value is -3.54. The molecule has 0 saturated heterocycles. The van der Waals surface area contributed by atoms with Crippen molar-refractivity contribution >= 4 is 0 Å². The van der Waals surface area contributed by atoms with Gasteiger partial charge in [0.15, 0.2) is 0 Å². The molecule has 0 aliphatic heterocycles. The second-order valence-corrected chi connectivity index (χ2v) is 6.09. The van der Waals surface area contributed by atoms with E-state index in [9.17, 15) is 30.6 Å². The summed E-state index contributed by atoms with van der Waals surface area (Å²) in [5.74, 6) is -0.333. The number of benzene rings is 3. The summed E-state index contributed by atoms with van der Waals surface area (Å²) in [6.07, 6.45) is 0.166. The van der Waals surface area contributed by atoms with Crippen molar-refractivity contribution in [2.75, 3.05) is 0 Å². The highest BCUT2D eigenvalue weighted by molar-refractivity contribution is 5.53. The molecule has 0 aromatic heterocycles. The maximum absolute atomic E-state index is 10.6. The van der Waals surface area contributed by atoms with Crippen molar-refractivity contribution in [3.8, 4) is 34.5 Å². The lowest BCUT2D eigenvalue weighted by Gasteiger charge is -2.13. The van der Waals surface area contributed by atoms with Gasteiger partial charge < -0.3 is 30.6 Å². The van der Waals surface area contributed by atoms with Crippen LogP contribution in [0.4, 0.5) is 0 Å². The van der Waals surface area contributed by atoms with Crippen molar-refractivity contribution in [1.29, 1.82) is 0 Å². The number of hydrogen-bond donors (Lipinski definition) is 6. The van der Waals surface area contributed by atoms with Crippen molar-refractivity contribution in [3.63, 3.8) is 0 Å². The van der Waals surface area contributed by atoms with E-state index in [4.69, 9.17) is 0 Å². The number of rotatable bonds is 4. The zero-order valence-corrected chi connectivity index (χ0v) is 13.7. The molecule has 0 heterocycles. The van der Waals surface area contributed by atoms with Crippen LogP contribution in [0.1, 0.15) is 22.3 Å². The minimum absolute atomic E-state index is 0.0256. The minimum Gasteiger partial charge on any atom is -0.508 e. The molecule has 0 unspecified atom stereocenters. The maximum atomic E-state index is 10.6. The molecule has 3 rings (SSSR count). The summed E-state index contributed by atoms with van der Waals surface area (Å²) >= 11 is 0. The molecule has 0 fully saturated rings. The van der Waals surface area contributed by atoms with E-state index in [1.807, 2.05) is 0 Å². The normalized spacial score (nSPS) is 10.8. The van der Waals surface area contributed by atoms with Gasteiger partial charge in [0.05, 0.1) is 0 Å². The van der Waals surface area contributed by atoms with E-state index in [0.29, 0.717) is 22.3 Å². The van der Waals surface area contributed by atoms with Gasteiger partial charge in [-0.15, -0.1) is 0 Å². The number of aromatic hydroxyl groups is 6. The van der Waals surface area contributed by atoms with Gasteiger partial charge in [-0.1, -0.05) is 0 Å². The molecule has 0 amide bonds. The Bertz CT molecular complexity index is 890. The lowest BCUT2D eigenvalue weighted by Crippen LogP contribution is -1.96. The zero-order chi connectivity index (χ0) is 18.8. The first-order valence-electron chi connectivity index (χ1n) is 7.89. The topological polar surface area (TPSA) is 121 Å². The summed E-state index contributed by atoms with van der Waals surface area (Å²) < 4.78 is 0. The van der Waals surface area contributed by atoms with E-state index >= 15 is 0 Å². The van der Waals surface area contributed by atoms with Crippen molar-refractivity contribution < 1.29 is 30.6 Å². The summed E-state index contributed by atoms with van der Waals surface area (Å²) in [4.78, 5) is 0. The standard InChI is InChI=1S/C20H18O6/c21-15-1-3-18(24)11(7-15)5-13-9-17(23)10-14(20(13)26)6-12-8-16(22)2-4-19(12)25/h1-4,7-10,21-26H,5-6H2. The monoisotopic (exact) mass is 354 g/mol. The summed E-state index contributed by atoms with van der Waals surface area (Å²) in [6.45, 7) is 0. The third kappa shape index (κ3) is 3.59. The summed E-state index contributed by atoms with van der Waals surface area (Å²) in [7, 11) is 0. The number of phenolic OH excluding ortho intramolecular Hbond substituents is 6. The van der Waals surface area contributed by atoms with Gasteiger partial charge in [-0.2, -0.15) is 0 Å². The van der Waals surface area contributed by atoms with E-state index < -0.39 is 0 Å². The lowest BCUT2D eigenvalue weighted by atomic mass is 9.96. The van der Waals surface area contributed by atoms with Crippen LogP contribution in [0.5, 0.6) is 34.5 Å². The minimum atomic E-state index is -0.103. The molecule has 0 bridgehead atoms. The maximum Gasteiger partial charge on any atom is 0.122 e. The predicted molar refractivity (Wildman–Crippen MR) is 94.9 cm³/mol. The van der Waals surface area contributed by atoms with E-state index in [1.54, 1.807) is 0 Å². The van der Waals surface area contributed by atoms with E-state index in [-0.39, 0.29) is 47.3 Å². The van der Waals surface area contributed by atoms with E-state index in [2.05, 4.69) is 0 Å². The Labute approximate surface area is 149 Å². The quantitative estimate of drug-likeness (QED) is 0.400.